The van der Waals surface area contributed by atoms with Crippen LogP contribution in [0.5, 0.6) is 0 Å². The quantitative estimate of drug-likeness (QED) is 0.0261. The molecule has 0 aliphatic heterocycles. The van der Waals surface area contributed by atoms with E-state index in [1.54, 1.807) is 0 Å². The molecule has 0 aliphatic rings. The highest BCUT2D eigenvalue weighted by molar-refractivity contribution is 5.71. The van der Waals surface area contributed by atoms with Crippen molar-refractivity contribution in [3.05, 3.63) is 72.9 Å². The van der Waals surface area contributed by atoms with Gasteiger partial charge in [0, 0.05) is 19.3 Å². The molecule has 0 amide bonds. The molecule has 0 spiro atoms. The fraction of sp³-hybridized carbons (Fsp3) is 0.779. The lowest BCUT2D eigenvalue weighted by molar-refractivity contribution is -0.167. The summed E-state index contributed by atoms with van der Waals surface area (Å²) in [6.07, 6.45) is 80.7. The predicted octanol–water partition coefficient (Wildman–Crippen LogP) is 21.7. The molecule has 0 bridgehead atoms. The van der Waals surface area contributed by atoms with Crippen molar-refractivity contribution in [3.63, 3.8) is 0 Å². The van der Waals surface area contributed by atoms with Crippen molar-refractivity contribution >= 4 is 17.9 Å². The molecular formula is C68H120O6. The number of hydrogen-bond acceptors (Lipinski definition) is 6. The van der Waals surface area contributed by atoms with Crippen LogP contribution in [0.25, 0.3) is 0 Å². The van der Waals surface area contributed by atoms with E-state index in [0.29, 0.717) is 19.3 Å². The molecule has 428 valence electrons. The van der Waals surface area contributed by atoms with Crippen molar-refractivity contribution in [1.82, 2.24) is 0 Å². The molecule has 0 aliphatic carbocycles. The minimum absolute atomic E-state index is 0.0858. The molecule has 0 rings (SSSR count). The van der Waals surface area contributed by atoms with E-state index in [-0.39, 0.29) is 31.1 Å². The maximum Gasteiger partial charge on any atom is 0.306 e. The zero-order valence-electron chi connectivity index (χ0n) is 49.1. The maximum atomic E-state index is 12.9. The van der Waals surface area contributed by atoms with Crippen molar-refractivity contribution in [2.45, 2.75) is 329 Å². The first kappa shape index (κ1) is 70.8. The van der Waals surface area contributed by atoms with Crippen molar-refractivity contribution in [1.29, 1.82) is 0 Å². The van der Waals surface area contributed by atoms with Crippen LogP contribution < -0.4 is 0 Å². The fourth-order valence-corrected chi connectivity index (χ4v) is 9.17. The van der Waals surface area contributed by atoms with E-state index in [2.05, 4.69) is 93.7 Å². The minimum Gasteiger partial charge on any atom is -0.462 e. The lowest BCUT2D eigenvalue weighted by atomic mass is 10.0. The molecule has 0 saturated heterocycles. The van der Waals surface area contributed by atoms with Gasteiger partial charge in [-0.15, -0.1) is 0 Å². The normalized spacial score (nSPS) is 12.5. The molecule has 6 nitrogen and oxygen atoms in total. The SMILES string of the molecule is CC/C=C\C/C=C\C/C=C\C/C=C\C/C=C\CCCCCC(=O)OC(COC(=O)CCCCCCCCCCCC)COC(=O)CCCCCCCCCCCCCCCCC/C=C\CCCCCCCCCC. The van der Waals surface area contributed by atoms with Gasteiger partial charge in [-0.05, 0) is 89.9 Å². The van der Waals surface area contributed by atoms with Gasteiger partial charge in [-0.25, -0.2) is 0 Å². The van der Waals surface area contributed by atoms with Crippen molar-refractivity contribution in [2.75, 3.05) is 13.2 Å². The summed E-state index contributed by atoms with van der Waals surface area (Å²) < 4.78 is 16.9. The molecule has 0 aromatic rings. The Kier molecular flexibility index (Phi) is 59.7. The second kappa shape index (κ2) is 62.4. The molecule has 0 fully saturated rings. The predicted molar refractivity (Wildman–Crippen MR) is 321 cm³/mol. The monoisotopic (exact) mass is 1030 g/mol. The first-order valence-electron chi connectivity index (χ1n) is 31.9. The van der Waals surface area contributed by atoms with Crippen molar-refractivity contribution in [2.24, 2.45) is 0 Å². The minimum atomic E-state index is -0.791. The van der Waals surface area contributed by atoms with Gasteiger partial charge in [0.25, 0.3) is 0 Å². The van der Waals surface area contributed by atoms with Crippen LogP contribution in [0, 0.1) is 0 Å². The number of esters is 3. The molecule has 0 heterocycles. The van der Waals surface area contributed by atoms with Gasteiger partial charge in [0.15, 0.2) is 6.10 Å². The number of rotatable bonds is 58. The van der Waals surface area contributed by atoms with Gasteiger partial charge in [0.2, 0.25) is 0 Å². The first-order valence-corrected chi connectivity index (χ1v) is 31.9. The van der Waals surface area contributed by atoms with Crippen molar-refractivity contribution < 1.29 is 28.6 Å². The topological polar surface area (TPSA) is 78.9 Å². The highest BCUT2D eigenvalue weighted by atomic mass is 16.6. The molecule has 1 unspecified atom stereocenters. The maximum absolute atomic E-state index is 12.9. The zero-order chi connectivity index (χ0) is 53.6. The van der Waals surface area contributed by atoms with Gasteiger partial charge in [0.05, 0.1) is 0 Å². The summed E-state index contributed by atoms with van der Waals surface area (Å²) in [5.41, 5.74) is 0. The van der Waals surface area contributed by atoms with Crippen LogP contribution in [0.1, 0.15) is 323 Å². The van der Waals surface area contributed by atoms with Gasteiger partial charge in [-0.3, -0.25) is 14.4 Å². The van der Waals surface area contributed by atoms with E-state index in [4.69, 9.17) is 14.2 Å². The van der Waals surface area contributed by atoms with Crippen LogP contribution in [0.4, 0.5) is 0 Å². The number of hydrogen-bond donors (Lipinski definition) is 0. The standard InChI is InChI=1S/C68H120O6/c1-4-7-10-13-16-19-22-24-26-28-30-31-32-33-34-35-36-37-39-40-42-44-46-49-52-55-58-61-67(70)73-64-65(63-72-66(69)60-57-54-51-48-21-18-15-12-9-6-3)74-68(71)62-59-56-53-50-47-45-43-41-38-29-27-25-23-20-17-14-11-8-5-2/h8,11,17,20,25,27-28,30,38,41,45,47,65H,4-7,9-10,12-16,18-19,21-24,26,29,31-37,39-40,42-44,46,48-64H2,1-3H3/b11-8-,20-17-,27-25-,30-28-,41-38-,47-45-. The summed E-state index contributed by atoms with van der Waals surface area (Å²) in [5, 5.41) is 0. The van der Waals surface area contributed by atoms with Gasteiger partial charge in [0.1, 0.15) is 13.2 Å². The summed E-state index contributed by atoms with van der Waals surface area (Å²) in [6, 6.07) is 0. The number of carbonyl (C=O) groups excluding carboxylic acids is 3. The van der Waals surface area contributed by atoms with Crippen molar-refractivity contribution in [3.8, 4) is 0 Å². The van der Waals surface area contributed by atoms with E-state index in [1.165, 1.54) is 186 Å². The average molecular weight is 1030 g/mol. The van der Waals surface area contributed by atoms with Crippen LogP contribution in [0.3, 0.4) is 0 Å². The van der Waals surface area contributed by atoms with Gasteiger partial charge < -0.3 is 14.2 Å². The molecule has 0 aromatic carbocycles. The van der Waals surface area contributed by atoms with Crippen LogP contribution >= 0.6 is 0 Å². The average Bonchev–Trinajstić information content (AvgIpc) is 3.40. The third-order valence-electron chi connectivity index (χ3n) is 13.9. The summed E-state index contributed by atoms with van der Waals surface area (Å²) in [5.74, 6) is -0.906. The summed E-state index contributed by atoms with van der Waals surface area (Å²) in [7, 11) is 0. The molecule has 6 heteroatoms. The van der Waals surface area contributed by atoms with E-state index >= 15 is 0 Å². The van der Waals surface area contributed by atoms with Crippen LogP contribution in [-0.4, -0.2) is 37.2 Å². The van der Waals surface area contributed by atoms with Gasteiger partial charge >= 0.3 is 17.9 Å². The highest BCUT2D eigenvalue weighted by Crippen LogP contribution is 2.17. The molecule has 0 N–H and O–H groups in total. The van der Waals surface area contributed by atoms with E-state index in [9.17, 15) is 14.4 Å². The largest absolute Gasteiger partial charge is 0.462 e. The highest BCUT2D eigenvalue weighted by Gasteiger charge is 2.19. The summed E-state index contributed by atoms with van der Waals surface area (Å²) >= 11 is 0. The molecule has 0 saturated carbocycles. The Morgan fingerprint density at radius 3 is 0.851 bits per heavy atom. The Labute approximate surface area is 459 Å². The molecule has 0 radical (unpaired) electrons. The summed E-state index contributed by atoms with van der Waals surface area (Å²) in [4.78, 5) is 38.2. The van der Waals surface area contributed by atoms with E-state index in [1.807, 2.05) is 0 Å². The zero-order valence-corrected chi connectivity index (χ0v) is 49.1. The number of allylic oxidation sites excluding steroid dienone is 12. The van der Waals surface area contributed by atoms with Crippen LogP contribution in [0.2, 0.25) is 0 Å². The Hall–Kier alpha value is -3.15. The number of unbranched alkanes of at least 4 members (excludes halogenated alkanes) is 35. The van der Waals surface area contributed by atoms with E-state index in [0.717, 1.165) is 96.3 Å². The molecule has 0 aromatic heterocycles. The van der Waals surface area contributed by atoms with Crippen LogP contribution in [-0.2, 0) is 28.6 Å². The third-order valence-corrected chi connectivity index (χ3v) is 13.9. The molecular weight excluding hydrogens is 913 g/mol. The molecule has 74 heavy (non-hydrogen) atoms. The Morgan fingerprint density at radius 1 is 0.284 bits per heavy atom. The van der Waals surface area contributed by atoms with Crippen LogP contribution in [0.15, 0.2) is 72.9 Å². The third kappa shape index (κ3) is 59.7. The smallest absolute Gasteiger partial charge is 0.306 e. The second-order valence-corrected chi connectivity index (χ2v) is 21.3. The fourth-order valence-electron chi connectivity index (χ4n) is 9.17. The van der Waals surface area contributed by atoms with E-state index < -0.39 is 6.10 Å². The lowest BCUT2D eigenvalue weighted by Gasteiger charge is -2.18. The second-order valence-electron chi connectivity index (χ2n) is 21.3. The first-order chi connectivity index (χ1) is 36.5. The Bertz CT molecular complexity index is 1370. The number of carbonyl (C=O) groups is 3. The summed E-state index contributed by atoms with van der Waals surface area (Å²) in [6.45, 7) is 6.52. The molecule has 1 atom stereocenters. The Balaban J connectivity index is 4.23. The number of ether oxygens (including phenoxy) is 3. The Morgan fingerprint density at radius 2 is 0.527 bits per heavy atom. The van der Waals surface area contributed by atoms with Gasteiger partial charge in [-0.2, -0.15) is 0 Å². The lowest BCUT2D eigenvalue weighted by Crippen LogP contribution is -2.30. The van der Waals surface area contributed by atoms with Gasteiger partial charge in [-0.1, -0.05) is 286 Å².